The first-order valence-electron chi connectivity index (χ1n) is 16.2. The van der Waals surface area contributed by atoms with Crippen LogP contribution in [-0.2, 0) is 26.3 Å². The Balaban J connectivity index is 1.81. The van der Waals surface area contributed by atoms with E-state index in [-0.39, 0.29) is 42.6 Å². The molecular weight excluding hydrogens is 668 g/mol. The quantitative estimate of drug-likeness (QED) is 0.109. The molecule has 0 radical (unpaired) electrons. The molecule has 0 fully saturated rings. The third-order valence-corrected chi connectivity index (χ3v) is 8.59. The predicted octanol–water partition coefficient (Wildman–Crippen LogP) is 6.54. The topological polar surface area (TPSA) is 147 Å². The number of aliphatic hydroxyl groups is 2. The summed E-state index contributed by atoms with van der Waals surface area (Å²) < 4.78 is 66.2. The van der Waals surface area contributed by atoms with Gasteiger partial charge in [-0.2, -0.15) is 8.42 Å². The van der Waals surface area contributed by atoms with E-state index in [0.29, 0.717) is 22.5 Å². The number of hydrogen-bond acceptors (Lipinski definition) is 7. The van der Waals surface area contributed by atoms with E-state index >= 15 is 0 Å². The van der Waals surface area contributed by atoms with Crippen LogP contribution in [0.4, 0.5) is 14.5 Å². The van der Waals surface area contributed by atoms with Gasteiger partial charge in [0.15, 0.2) is 0 Å². The van der Waals surface area contributed by atoms with Crippen molar-refractivity contribution in [3.8, 4) is 22.4 Å². The molecule has 0 aliphatic carbocycles. The lowest BCUT2D eigenvalue weighted by atomic mass is 9.94. The van der Waals surface area contributed by atoms with Crippen molar-refractivity contribution < 1.29 is 41.7 Å². The zero-order chi connectivity index (χ0) is 36.8. The lowest BCUT2D eigenvalue weighted by molar-refractivity contribution is -0.157. The van der Waals surface area contributed by atoms with E-state index in [1.165, 1.54) is 60.7 Å². The normalized spacial score (nSPS) is 13.2. The minimum atomic E-state index is -4.44. The van der Waals surface area contributed by atoms with Crippen molar-refractivity contribution in [1.82, 2.24) is 9.29 Å². The molecule has 0 saturated carbocycles. The fraction of sp³-hybridized carbons (Fsp3) is 0.351. The van der Waals surface area contributed by atoms with Crippen molar-refractivity contribution in [2.45, 2.75) is 84.2 Å². The first kappa shape index (κ1) is 38.2. The van der Waals surface area contributed by atoms with Crippen LogP contribution in [0, 0.1) is 11.6 Å². The lowest BCUT2D eigenvalue weighted by Gasteiger charge is -2.22. The summed E-state index contributed by atoms with van der Waals surface area (Å²) in [4.78, 5) is 26.4. The SMILES string of the molecule is CC(C)c1c(C(=O)NS(=O)(=O)Nc2ccccc2)c(-c2ccc(F)cc2)c(-c2ccc(F)cc2)n1CC[C@@H](O)C[C@@H](O)CC(=O)OC(C)(C)C. The van der Waals surface area contributed by atoms with Gasteiger partial charge in [0.25, 0.3) is 5.91 Å². The highest BCUT2D eigenvalue weighted by Gasteiger charge is 2.32. The molecule has 268 valence electrons. The molecule has 0 bridgehead atoms. The first-order valence-corrected chi connectivity index (χ1v) is 17.7. The van der Waals surface area contributed by atoms with Gasteiger partial charge in [-0.3, -0.25) is 14.3 Å². The molecule has 13 heteroatoms. The summed E-state index contributed by atoms with van der Waals surface area (Å²) in [5.74, 6) is -3.02. The van der Waals surface area contributed by atoms with Crippen LogP contribution in [0.2, 0.25) is 0 Å². The first-order chi connectivity index (χ1) is 23.4. The van der Waals surface area contributed by atoms with E-state index in [0.717, 1.165) is 0 Å². The number of para-hydroxylation sites is 1. The molecule has 1 amide bonds. The van der Waals surface area contributed by atoms with E-state index in [2.05, 4.69) is 9.44 Å². The summed E-state index contributed by atoms with van der Waals surface area (Å²) in [6, 6.07) is 18.8. The molecule has 0 saturated heterocycles. The van der Waals surface area contributed by atoms with Gasteiger partial charge in [-0.15, -0.1) is 0 Å². The average molecular weight is 712 g/mol. The van der Waals surface area contributed by atoms with Gasteiger partial charge in [0.1, 0.15) is 17.2 Å². The monoisotopic (exact) mass is 711 g/mol. The van der Waals surface area contributed by atoms with Gasteiger partial charge in [-0.05, 0) is 99.2 Å². The Morgan fingerprint density at radius 2 is 1.42 bits per heavy atom. The van der Waals surface area contributed by atoms with Gasteiger partial charge in [0.05, 0.1) is 35.6 Å². The predicted molar refractivity (Wildman–Crippen MR) is 187 cm³/mol. The molecule has 4 rings (SSSR count). The number of amides is 1. The summed E-state index contributed by atoms with van der Waals surface area (Å²) in [6.07, 6.45) is -2.71. The molecule has 0 spiro atoms. The number of carbonyl (C=O) groups excluding carboxylic acids is 2. The van der Waals surface area contributed by atoms with E-state index in [4.69, 9.17) is 4.74 Å². The van der Waals surface area contributed by atoms with Crippen molar-refractivity contribution in [1.29, 1.82) is 0 Å². The van der Waals surface area contributed by atoms with Crippen molar-refractivity contribution in [2.24, 2.45) is 0 Å². The Morgan fingerprint density at radius 3 is 1.96 bits per heavy atom. The number of carbonyl (C=O) groups is 2. The molecular formula is C37H43F2N3O7S. The lowest BCUT2D eigenvalue weighted by Crippen LogP contribution is -2.36. The fourth-order valence-electron chi connectivity index (χ4n) is 5.73. The standard InChI is InChI=1S/C37H43F2N3O7S/c1-23(2)34-33(36(46)41-50(47,48)40-28-9-7-6-8-10-28)32(24-11-15-26(38)16-12-24)35(25-13-17-27(39)18-14-25)42(34)20-19-29(43)21-30(44)22-31(45)49-37(3,4)5/h6-18,23,29-30,40,43-44H,19-22H2,1-5H3,(H,41,46)/t29-,30-/m1/s1. The molecule has 0 aliphatic rings. The molecule has 4 N–H and O–H groups in total. The minimum absolute atomic E-state index is 0.0104. The molecule has 10 nitrogen and oxygen atoms in total. The molecule has 1 heterocycles. The Kier molecular flexibility index (Phi) is 12.2. The fourth-order valence-corrected chi connectivity index (χ4v) is 6.58. The number of ether oxygens (including phenoxy) is 1. The van der Waals surface area contributed by atoms with Gasteiger partial charge in [0.2, 0.25) is 0 Å². The number of hydrogen-bond donors (Lipinski definition) is 4. The van der Waals surface area contributed by atoms with Crippen LogP contribution in [-0.4, -0.2) is 52.9 Å². The number of rotatable bonds is 14. The van der Waals surface area contributed by atoms with E-state index in [9.17, 15) is 37.0 Å². The molecule has 3 aromatic carbocycles. The number of nitrogens with one attached hydrogen (secondary N) is 2. The average Bonchev–Trinajstić information content (AvgIpc) is 3.35. The Bertz CT molecular complexity index is 1890. The van der Waals surface area contributed by atoms with Crippen LogP contribution in [0.3, 0.4) is 0 Å². The third kappa shape index (κ3) is 10.2. The summed E-state index contributed by atoms with van der Waals surface area (Å²) in [7, 11) is -4.44. The molecule has 0 aliphatic heterocycles. The van der Waals surface area contributed by atoms with Crippen LogP contribution < -0.4 is 9.44 Å². The van der Waals surface area contributed by atoms with Gasteiger partial charge in [0, 0.05) is 17.8 Å². The smallest absolute Gasteiger partial charge is 0.323 e. The van der Waals surface area contributed by atoms with Gasteiger partial charge >= 0.3 is 16.2 Å². The van der Waals surface area contributed by atoms with Crippen LogP contribution in [0.25, 0.3) is 22.4 Å². The van der Waals surface area contributed by atoms with Gasteiger partial charge in [-0.25, -0.2) is 13.5 Å². The number of benzene rings is 3. The van der Waals surface area contributed by atoms with Crippen molar-refractivity contribution in [2.75, 3.05) is 4.72 Å². The number of aliphatic hydroxyl groups excluding tert-OH is 2. The zero-order valence-corrected chi connectivity index (χ0v) is 29.4. The van der Waals surface area contributed by atoms with Crippen LogP contribution in [0.1, 0.15) is 75.9 Å². The highest BCUT2D eigenvalue weighted by molar-refractivity contribution is 7.91. The number of nitrogens with zero attached hydrogens (tertiary/aromatic N) is 1. The summed E-state index contributed by atoms with van der Waals surface area (Å²) in [5.41, 5.74) is 1.41. The Morgan fingerprint density at radius 1 is 0.860 bits per heavy atom. The van der Waals surface area contributed by atoms with Gasteiger partial charge in [-0.1, -0.05) is 44.2 Å². The second kappa shape index (κ2) is 16.0. The number of anilines is 1. The highest BCUT2D eigenvalue weighted by atomic mass is 32.2. The Labute approximate surface area is 291 Å². The van der Waals surface area contributed by atoms with Crippen LogP contribution in [0.5, 0.6) is 0 Å². The number of aromatic nitrogens is 1. The molecule has 50 heavy (non-hydrogen) atoms. The van der Waals surface area contributed by atoms with Crippen molar-refractivity contribution in [3.05, 3.63) is 102 Å². The summed E-state index contributed by atoms with van der Waals surface area (Å²) >= 11 is 0. The molecule has 0 unspecified atom stereocenters. The zero-order valence-electron chi connectivity index (χ0n) is 28.6. The molecule has 4 aromatic rings. The molecule has 1 aromatic heterocycles. The number of esters is 1. The van der Waals surface area contributed by atoms with E-state index in [1.807, 2.05) is 13.8 Å². The van der Waals surface area contributed by atoms with Crippen molar-refractivity contribution in [3.63, 3.8) is 0 Å². The van der Waals surface area contributed by atoms with E-state index in [1.54, 1.807) is 43.5 Å². The van der Waals surface area contributed by atoms with Gasteiger partial charge < -0.3 is 19.5 Å². The molecule has 2 atom stereocenters. The maximum atomic E-state index is 14.2. The van der Waals surface area contributed by atoms with Crippen LogP contribution in [0.15, 0.2) is 78.9 Å². The third-order valence-electron chi connectivity index (χ3n) is 7.63. The largest absolute Gasteiger partial charge is 0.460 e. The van der Waals surface area contributed by atoms with Crippen molar-refractivity contribution >= 4 is 27.8 Å². The maximum absolute atomic E-state index is 14.2. The van der Waals surface area contributed by atoms with E-state index < -0.39 is 57.4 Å². The second-order valence-electron chi connectivity index (χ2n) is 13.3. The summed E-state index contributed by atoms with van der Waals surface area (Å²) in [6.45, 7) is 8.80. The summed E-state index contributed by atoms with van der Waals surface area (Å²) in [5, 5.41) is 21.5. The second-order valence-corrected chi connectivity index (χ2v) is 14.7. The highest BCUT2D eigenvalue weighted by Crippen LogP contribution is 2.42. The Hall–Kier alpha value is -4.59. The maximum Gasteiger partial charge on any atom is 0.323 e. The minimum Gasteiger partial charge on any atom is -0.460 e. The van der Waals surface area contributed by atoms with Crippen LogP contribution >= 0.6 is 0 Å². The number of halogens is 2.